The smallest absolute Gasteiger partial charge is 0.236 e. The molecule has 1 N–H and O–H groups in total. The summed E-state index contributed by atoms with van der Waals surface area (Å²) in [5, 5.41) is 7.45. The van der Waals surface area contributed by atoms with Gasteiger partial charge in [-0.1, -0.05) is 5.16 Å². The quantitative estimate of drug-likeness (QED) is 0.854. The Hall–Kier alpha value is -1.12. The van der Waals surface area contributed by atoms with Crippen molar-refractivity contribution in [3.8, 4) is 0 Å². The van der Waals surface area contributed by atoms with E-state index in [1.165, 1.54) is 6.42 Å². The topological polar surface area (TPSA) is 74.5 Å². The van der Waals surface area contributed by atoms with E-state index in [0.717, 1.165) is 51.4 Å². The Bertz CT molecular complexity index is 518. The van der Waals surface area contributed by atoms with Gasteiger partial charge in [0.1, 0.15) is 0 Å². The van der Waals surface area contributed by atoms with Crippen LogP contribution in [0.15, 0.2) is 4.52 Å². The van der Waals surface area contributed by atoms with Gasteiger partial charge in [0.25, 0.3) is 0 Å². The molecule has 0 aliphatic carbocycles. The van der Waals surface area contributed by atoms with Gasteiger partial charge in [0.15, 0.2) is 5.82 Å². The zero-order valence-electron chi connectivity index (χ0n) is 13.7. The van der Waals surface area contributed by atoms with Gasteiger partial charge in [-0.3, -0.25) is 9.69 Å². The van der Waals surface area contributed by atoms with E-state index in [-0.39, 0.29) is 11.9 Å². The fourth-order valence-corrected chi connectivity index (χ4v) is 3.77. The highest BCUT2D eigenvalue weighted by Crippen LogP contribution is 2.19. The Morgan fingerprint density at radius 1 is 1.35 bits per heavy atom. The molecule has 1 amide bonds. The monoisotopic (exact) mass is 339 g/mol. The first-order valence-corrected chi connectivity index (χ1v) is 9.48. The van der Waals surface area contributed by atoms with Crippen LogP contribution < -0.4 is 5.32 Å². The number of likely N-dealkylation sites (N-methyl/N-ethyl adjacent to an activating group) is 1. The maximum Gasteiger partial charge on any atom is 0.236 e. The van der Waals surface area contributed by atoms with Gasteiger partial charge >= 0.3 is 0 Å². The second-order valence-corrected chi connectivity index (χ2v) is 7.17. The first-order chi connectivity index (χ1) is 11.2. The normalized spacial score (nSPS) is 23.2. The molecule has 1 unspecified atom stereocenters. The van der Waals surface area contributed by atoms with E-state index in [4.69, 9.17) is 4.52 Å². The van der Waals surface area contributed by atoms with E-state index in [1.54, 1.807) is 11.8 Å². The lowest BCUT2D eigenvalue weighted by Gasteiger charge is -2.30. The van der Waals surface area contributed by atoms with Crippen molar-refractivity contribution in [2.24, 2.45) is 0 Å². The SMILES string of the molecule is CN1CCNCC1c1noc(CSCC(=O)N2CCCCC2)n1. The van der Waals surface area contributed by atoms with Crippen LogP contribution in [0.1, 0.15) is 37.0 Å². The molecule has 1 aromatic rings. The summed E-state index contributed by atoms with van der Waals surface area (Å²) in [6.45, 7) is 4.63. The number of carbonyl (C=O) groups excluding carboxylic acids is 1. The van der Waals surface area contributed by atoms with Crippen LogP contribution in [0.4, 0.5) is 0 Å². The molecule has 0 bridgehead atoms. The van der Waals surface area contributed by atoms with Crippen LogP contribution in [0.5, 0.6) is 0 Å². The number of aromatic nitrogens is 2. The number of rotatable bonds is 5. The fraction of sp³-hybridized carbons (Fsp3) is 0.800. The van der Waals surface area contributed by atoms with Gasteiger partial charge in [0, 0.05) is 32.7 Å². The maximum absolute atomic E-state index is 12.1. The summed E-state index contributed by atoms with van der Waals surface area (Å²) in [6.07, 6.45) is 3.50. The largest absolute Gasteiger partial charge is 0.342 e. The van der Waals surface area contributed by atoms with Gasteiger partial charge in [-0.05, 0) is 26.3 Å². The number of hydrogen-bond donors (Lipinski definition) is 1. The van der Waals surface area contributed by atoms with Crippen LogP contribution in [0.3, 0.4) is 0 Å². The number of nitrogens with one attached hydrogen (secondary N) is 1. The summed E-state index contributed by atoms with van der Waals surface area (Å²) in [5.41, 5.74) is 0. The number of nitrogens with zero attached hydrogens (tertiary/aromatic N) is 4. The standard InChI is InChI=1S/C15H25N5O2S/c1-19-8-5-16-9-12(19)15-17-13(22-18-15)10-23-11-14(21)20-6-3-2-4-7-20/h12,16H,2-11H2,1H3. The second kappa shape index (κ2) is 8.12. The highest BCUT2D eigenvalue weighted by atomic mass is 32.2. The van der Waals surface area contributed by atoms with Crippen molar-refractivity contribution >= 4 is 17.7 Å². The molecule has 23 heavy (non-hydrogen) atoms. The number of amides is 1. The highest BCUT2D eigenvalue weighted by molar-refractivity contribution is 7.99. The van der Waals surface area contributed by atoms with Crippen molar-refractivity contribution in [3.05, 3.63) is 11.7 Å². The van der Waals surface area contributed by atoms with Gasteiger partial charge in [-0.15, -0.1) is 11.8 Å². The predicted octanol–water partition coefficient (Wildman–Crippen LogP) is 0.891. The Balaban J connectivity index is 1.44. The number of piperidine rings is 1. The molecule has 2 aliphatic heterocycles. The molecule has 0 saturated carbocycles. The summed E-state index contributed by atoms with van der Waals surface area (Å²) < 4.78 is 5.33. The number of carbonyl (C=O) groups is 1. The minimum Gasteiger partial charge on any atom is -0.342 e. The third-order valence-electron chi connectivity index (χ3n) is 4.45. The average molecular weight is 339 g/mol. The molecule has 2 fully saturated rings. The molecule has 1 aromatic heterocycles. The molecule has 8 heteroatoms. The molecule has 0 aromatic carbocycles. The Morgan fingerprint density at radius 3 is 2.96 bits per heavy atom. The lowest BCUT2D eigenvalue weighted by Crippen LogP contribution is -2.44. The Morgan fingerprint density at radius 2 is 2.17 bits per heavy atom. The number of piperazine rings is 1. The lowest BCUT2D eigenvalue weighted by atomic mass is 10.1. The fourth-order valence-electron chi connectivity index (χ4n) is 3.02. The minimum absolute atomic E-state index is 0.168. The summed E-state index contributed by atoms with van der Waals surface area (Å²) in [6, 6.07) is 0.168. The average Bonchev–Trinajstić information content (AvgIpc) is 3.04. The number of hydrogen-bond acceptors (Lipinski definition) is 7. The maximum atomic E-state index is 12.1. The molecule has 128 valence electrons. The molecular formula is C15H25N5O2S. The van der Waals surface area contributed by atoms with Crippen molar-refractivity contribution < 1.29 is 9.32 Å². The Labute approximate surface area is 141 Å². The van der Waals surface area contributed by atoms with Crippen LogP contribution in [0.25, 0.3) is 0 Å². The van der Waals surface area contributed by atoms with Crippen LogP contribution in [0.2, 0.25) is 0 Å². The van der Waals surface area contributed by atoms with Crippen LogP contribution in [0, 0.1) is 0 Å². The van der Waals surface area contributed by atoms with E-state index >= 15 is 0 Å². The molecule has 3 heterocycles. The van der Waals surface area contributed by atoms with Crippen molar-refractivity contribution in [2.75, 3.05) is 45.5 Å². The van der Waals surface area contributed by atoms with Crippen molar-refractivity contribution in [1.82, 2.24) is 25.3 Å². The van der Waals surface area contributed by atoms with E-state index in [2.05, 4.69) is 27.4 Å². The first kappa shape index (κ1) is 16.7. The second-order valence-electron chi connectivity index (χ2n) is 6.18. The van der Waals surface area contributed by atoms with Gasteiger partial charge in [0.05, 0.1) is 17.5 Å². The van der Waals surface area contributed by atoms with Crippen LogP contribution in [-0.4, -0.2) is 71.4 Å². The molecule has 2 saturated heterocycles. The molecule has 3 rings (SSSR count). The van der Waals surface area contributed by atoms with Crippen molar-refractivity contribution in [2.45, 2.75) is 31.1 Å². The van der Waals surface area contributed by atoms with Crippen molar-refractivity contribution in [3.63, 3.8) is 0 Å². The molecule has 7 nitrogen and oxygen atoms in total. The van der Waals surface area contributed by atoms with E-state index < -0.39 is 0 Å². The van der Waals surface area contributed by atoms with Crippen LogP contribution >= 0.6 is 11.8 Å². The summed E-state index contributed by atoms with van der Waals surface area (Å²) >= 11 is 1.55. The van der Waals surface area contributed by atoms with E-state index in [1.807, 2.05) is 4.90 Å². The highest BCUT2D eigenvalue weighted by Gasteiger charge is 2.25. The van der Waals surface area contributed by atoms with Gasteiger partial charge in [-0.2, -0.15) is 4.98 Å². The Kier molecular flexibility index (Phi) is 5.91. The molecule has 2 aliphatic rings. The van der Waals surface area contributed by atoms with Gasteiger partial charge in [0.2, 0.25) is 11.8 Å². The summed E-state index contributed by atoms with van der Waals surface area (Å²) in [4.78, 5) is 20.8. The molecule has 1 atom stereocenters. The zero-order chi connectivity index (χ0) is 16.1. The van der Waals surface area contributed by atoms with E-state index in [9.17, 15) is 4.79 Å². The molecule has 0 radical (unpaired) electrons. The third-order valence-corrected chi connectivity index (χ3v) is 5.35. The zero-order valence-corrected chi connectivity index (χ0v) is 14.5. The lowest BCUT2D eigenvalue weighted by molar-refractivity contribution is -0.129. The number of likely N-dealkylation sites (tertiary alicyclic amines) is 1. The van der Waals surface area contributed by atoms with Crippen molar-refractivity contribution in [1.29, 1.82) is 0 Å². The minimum atomic E-state index is 0.168. The number of thioether (sulfide) groups is 1. The summed E-state index contributed by atoms with van der Waals surface area (Å²) in [7, 11) is 2.08. The van der Waals surface area contributed by atoms with Gasteiger partial charge < -0.3 is 14.7 Å². The summed E-state index contributed by atoms with van der Waals surface area (Å²) in [5.74, 6) is 2.65. The van der Waals surface area contributed by atoms with Gasteiger partial charge in [-0.25, -0.2) is 0 Å². The third kappa shape index (κ3) is 4.45. The predicted molar refractivity (Wildman–Crippen MR) is 89.1 cm³/mol. The first-order valence-electron chi connectivity index (χ1n) is 8.33. The van der Waals surface area contributed by atoms with E-state index in [0.29, 0.717) is 17.4 Å². The molecular weight excluding hydrogens is 314 g/mol. The molecule has 0 spiro atoms. The van der Waals surface area contributed by atoms with Crippen LogP contribution in [-0.2, 0) is 10.5 Å².